The number of nitrogens with zero attached hydrogens (tertiary/aromatic N) is 2. The summed E-state index contributed by atoms with van der Waals surface area (Å²) in [6, 6.07) is 0. The number of ether oxygens (including phenoxy) is 1. The third-order valence-electron chi connectivity index (χ3n) is 3.25. The molecule has 0 spiro atoms. The first kappa shape index (κ1) is 13.8. The molecule has 5 heteroatoms. The average Bonchev–Trinajstić information content (AvgIpc) is 3.11. The van der Waals surface area contributed by atoms with E-state index in [2.05, 4.69) is 10.4 Å². The number of halogens is 1. The minimum Gasteiger partial charge on any atom is -0.381 e. The first-order chi connectivity index (χ1) is 8.68. The van der Waals surface area contributed by atoms with Gasteiger partial charge in [0.05, 0.1) is 16.4 Å². The maximum atomic E-state index is 6.17. The van der Waals surface area contributed by atoms with Crippen LogP contribution in [0.4, 0.5) is 0 Å². The van der Waals surface area contributed by atoms with Crippen molar-refractivity contribution < 1.29 is 4.74 Å². The van der Waals surface area contributed by atoms with Crippen LogP contribution in [0.5, 0.6) is 0 Å². The van der Waals surface area contributed by atoms with Crippen molar-refractivity contribution in [3.63, 3.8) is 0 Å². The summed E-state index contributed by atoms with van der Waals surface area (Å²) in [5, 5.41) is 8.43. The molecule has 1 aliphatic carbocycles. The van der Waals surface area contributed by atoms with Crippen molar-refractivity contribution in [2.75, 3.05) is 19.8 Å². The lowest BCUT2D eigenvalue weighted by atomic mass is 10.3. The molecule has 0 unspecified atom stereocenters. The minimum absolute atomic E-state index is 0.763. The molecule has 102 valence electrons. The van der Waals surface area contributed by atoms with Crippen LogP contribution in [-0.2, 0) is 18.3 Å². The Morgan fingerprint density at radius 1 is 1.50 bits per heavy atom. The van der Waals surface area contributed by atoms with Crippen LogP contribution in [0.25, 0.3) is 0 Å². The van der Waals surface area contributed by atoms with E-state index >= 15 is 0 Å². The van der Waals surface area contributed by atoms with E-state index in [-0.39, 0.29) is 0 Å². The first-order valence-electron chi connectivity index (χ1n) is 6.65. The molecule has 0 saturated heterocycles. The maximum Gasteiger partial charge on any atom is 0.0860 e. The second kappa shape index (κ2) is 6.55. The Labute approximate surface area is 114 Å². The Bertz CT molecular complexity index is 388. The van der Waals surface area contributed by atoms with Gasteiger partial charge in [0.2, 0.25) is 0 Å². The van der Waals surface area contributed by atoms with Crippen LogP contribution in [-0.4, -0.2) is 29.5 Å². The van der Waals surface area contributed by atoms with E-state index in [1.54, 1.807) is 0 Å². The topological polar surface area (TPSA) is 39.1 Å². The van der Waals surface area contributed by atoms with Gasteiger partial charge in [0.1, 0.15) is 0 Å². The highest BCUT2D eigenvalue weighted by atomic mass is 35.5. The summed E-state index contributed by atoms with van der Waals surface area (Å²) in [6.07, 6.45) is 3.76. The van der Waals surface area contributed by atoms with Gasteiger partial charge in [0.25, 0.3) is 0 Å². The Hall–Kier alpha value is -0.580. The summed E-state index contributed by atoms with van der Waals surface area (Å²) in [4.78, 5) is 0. The Morgan fingerprint density at radius 3 is 2.89 bits per heavy atom. The molecule has 1 fully saturated rings. The van der Waals surface area contributed by atoms with Gasteiger partial charge in [-0.15, -0.1) is 0 Å². The second-order valence-corrected chi connectivity index (χ2v) is 5.40. The molecule has 1 N–H and O–H groups in total. The van der Waals surface area contributed by atoms with Crippen molar-refractivity contribution in [3.05, 3.63) is 16.4 Å². The molecule has 2 rings (SSSR count). The highest BCUT2D eigenvalue weighted by Crippen LogP contribution is 2.28. The molecule has 0 amide bonds. The highest BCUT2D eigenvalue weighted by Gasteiger charge is 2.20. The van der Waals surface area contributed by atoms with E-state index in [0.29, 0.717) is 0 Å². The largest absolute Gasteiger partial charge is 0.381 e. The van der Waals surface area contributed by atoms with Crippen LogP contribution in [0.3, 0.4) is 0 Å². The summed E-state index contributed by atoms with van der Waals surface area (Å²) in [5.41, 5.74) is 1.94. The van der Waals surface area contributed by atoms with Gasteiger partial charge in [-0.2, -0.15) is 5.10 Å². The zero-order valence-corrected chi connectivity index (χ0v) is 12.0. The van der Waals surface area contributed by atoms with Crippen molar-refractivity contribution in [1.29, 1.82) is 0 Å². The van der Waals surface area contributed by atoms with Crippen LogP contribution < -0.4 is 5.32 Å². The molecule has 0 radical (unpaired) electrons. The quantitative estimate of drug-likeness (QED) is 0.738. The van der Waals surface area contributed by atoms with Crippen LogP contribution in [0.15, 0.2) is 0 Å². The van der Waals surface area contributed by atoms with Crippen molar-refractivity contribution in [1.82, 2.24) is 15.1 Å². The van der Waals surface area contributed by atoms with E-state index in [0.717, 1.165) is 55.1 Å². The lowest BCUT2D eigenvalue weighted by Gasteiger charge is -2.06. The van der Waals surface area contributed by atoms with Gasteiger partial charge in [-0.05, 0) is 38.6 Å². The number of rotatable bonds is 8. The first-order valence-corrected chi connectivity index (χ1v) is 7.02. The van der Waals surface area contributed by atoms with E-state index < -0.39 is 0 Å². The van der Waals surface area contributed by atoms with E-state index in [1.807, 2.05) is 18.7 Å². The van der Waals surface area contributed by atoms with Crippen molar-refractivity contribution in [2.24, 2.45) is 13.0 Å². The SMILES string of the molecule is Cc1nn(C)c(CNCCCOCC2CC2)c1Cl. The Kier molecular flexibility index (Phi) is 5.03. The van der Waals surface area contributed by atoms with Gasteiger partial charge in [-0.1, -0.05) is 11.6 Å². The summed E-state index contributed by atoms with van der Waals surface area (Å²) >= 11 is 6.17. The fraction of sp³-hybridized carbons (Fsp3) is 0.769. The fourth-order valence-electron chi connectivity index (χ4n) is 1.91. The summed E-state index contributed by atoms with van der Waals surface area (Å²) in [6.45, 7) is 5.44. The minimum atomic E-state index is 0.763. The lowest BCUT2D eigenvalue weighted by Crippen LogP contribution is -2.18. The van der Waals surface area contributed by atoms with Crippen molar-refractivity contribution >= 4 is 11.6 Å². The summed E-state index contributed by atoms with van der Waals surface area (Å²) in [5.74, 6) is 0.856. The van der Waals surface area contributed by atoms with Gasteiger partial charge >= 0.3 is 0 Å². The predicted octanol–water partition coefficient (Wildman–Crippen LogP) is 2.29. The number of aryl methyl sites for hydroxylation is 2. The number of nitrogens with one attached hydrogen (secondary N) is 1. The molecule has 18 heavy (non-hydrogen) atoms. The zero-order chi connectivity index (χ0) is 13.0. The number of hydrogen-bond acceptors (Lipinski definition) is 3. The molecular formula is C13H22ClN3O. The average molecular weight is 272 g/mol. The molecule has 0 atom stereocenters. The predicted molar refractivity (Wildman–Crippen MR) is 72.8 cm³/mol. The lowest BCUT2D eigenvalue weighted by molar-refractivity contribution is 0.122. The summed E-state index contributed by atoms with van der Waals surface area (Å²) < 4.78 is 7.42. The second-order valence-electron chi connectivity index (χ2n) is 5.02. The van der Waals surface area contributed by atoms with Gasteiger partial charge in [0, 0.05) is 26.8 Å². The maximum absolute atomic E-state index is 6.17. The monoisotopic (exact) mass is 271 g/mol. The number of hydrogen-bond donors (Lipinski definition) is 1. The molecule has 1 heterocycles. The molecule has 1 aromatic rings. The molecule has 1 saturated carbocycles. The van der Waals surface area contributed by atoms with Crippen molar-refractivity contribution in [2.45, 2.75) is 32.7 Å². The van der Waals surface area contributed by atoms with Crippen molar-refractivity contribution in [3.8, 4) is 0 Å². The zero-order valence-electron chi connectivity index (χ0n) is 11.2. The highest BCUT2D eigenvalue weighted by molar-refractivity contribution is 6.31. The molecule has 0 aliphatic heterocycles. The Morgan fingerprint density at radius 2 is 2.28 bits per heavy atom. The standard InChI is InChI=1S/C13H22ClN3O/c1-10-13(14)12(17(2)16-10)8-15-6-3-7-18-9-11-4-5-11/h11,15H,3-9H2,1-2H3. The molecule has 0 aromatic carbocycles. The van der Waals surface area contributed by atoms with E-state index in [9.17, 15) is 0 Å². The van der Waals surface area contributed by atoms with E-state index in [4.69, 9.17) is 16.3 Å². The van der Waals surface area contributed by atoms with E-state index in [1.165, 1.54) is 12.8 Å². The fourth-order valence-corrected chi connectivity index (χ4v) is 2.14. The Balaban J connectivity index is 1.56. The molecule has 4 nitrogen and oxygen atoms in total. The van der Waals surface area contributed by atoms with Crippen LogP contribution >= 0.6 is 11.6 Å². The van der Waals surface area contributed by atoms with Crippen LogP contribution in [0.1, 0.15) is 30.7 Å². The third kappa shape index (κ3) is 3.97. The van der Waals surface area contributed by atoms with Gasteiger partial charge < -0.3 is 10.1 Å². The molecule has 1 aromatic heterocycles. The smallest absolute Gasteiger partial charge is 0.0860 e. The van der Waals surface area contributed by atoms with Crippen LogP contribution in [0, 0.1) is 12.8 Å². The summed E-state index contributed by atoms with van der Waals surface area (Å²) in [7, 11) is 1.93. The molecule has 1 aliphatic rings. The molecular weight excluding hydrogens is 250 g/mol. The van der Waals surface area contributed by atoms with Gasteiger partial charge in [-0.3, -0.25) is 4.68 Å². The normalized spacial score (nSPS) is 15.3. The van der Waals surface area contributed by atoms with Crippen LogP contribution in [0.2, 0.25) is 5.02 Å². The third-order valence-corrected chi connectivity index (χ3v) is 3.74. The van der Waals surface area contributed by atoms with Gasteiger partial charge in [-0.25, -0.2) is 0 Å². The van der Waals surface area contributed by atoms with Gasteiger partial charge in [0.15, 0.2) is 0 Å². The number of aromatic nitrogens is 2. The molecule has 0 bridgehead atoms.